The summed E-state index contributed by atoms with van der Waals surface area (Å²) in [5.74, 6) is -0.0800. The number of nitrogens with zero attached hydrogens (tertiary/aromatic N) is 1. The van der Waals surface area contributed by atoms with Crippen molar-refractivity contribution in [1.82, 2.24) is 4.90 Å². The van der Waals surface area contributed by atoms with Crippen LogP contribution in [0.3, 0.4) is 0 Å². The topological polar surface area (TPSA) is 49.5 Å². The van der Waals surface area contributed by atoms with E-state index in [1.807, 2.05) is 0 Å². The van der Waals surface area contributed by atoms with Crippen LogP contribution in [0.15, 0.2) is 0 Å². The van der Waals surface area contributed by atoms with Crippen LogP contribution in [0.5, 0.6) is 0 Å². The van der Waals surface area contributed by atoms with Gasteiger partial charge in [-0.1, -0.05) is 0 Å². The fraction of sp³-hybridized carbons (Fsp3) is 1.00. The Kier molecular flexibility index (Phi) is 4.20. The van der Waals surface area contributed by atoms with Gasteiger partial charge in [0.15, 0.2) is 0 Å². The first-order valence-electron chi connectivity index (χ1n) is 5.48. The molecule has 0 spiro atoms. The highest BCUT2D eigenvalue weighted by Gasteiger charge is 2.47. The highest BCUT2D eigenvalue weighted by Crippen LogP contribution is 2.31. The van der Waals surface area contributed by atoms with Crippen LogP contribution in [0, 0.1) is 5.92 Å². The van der Waals surface area contributed by atoms with Crippen molar-refractivity contribution in [3.05, 3.63) is 0 Å². The quantitative estimate of drug-likeness (QED) is 0.772. The van der Waals surface area contributed by atoms with Crippen LogP contribution in [0.1, 0.15) is 20.3 Å². The van der Waals surface area contributed by atoms with Gasteiger partial charge in [-0.15, -0.1) is 0 Å². The molecular formula is C10H19F3N2O. The Bertz CT molecular complexity index is 231. The van der Waals surface area contributed by atoms with E-state index in [0.717, 1.165) is 0 Å². The molecule has 4 atom stereocenters. The Hall–Kier alpha value is -0.330. The summed E-state index contributed by atoms with van der Waals surface area (Å²) in [5, 5.41) is 9.35. The summed E-state index contributed by atoms with van der Waals surface area (Å²) in [5.41, 5.74) is 5.40. The molecule has 0 radical (unpaired) electrons. The predicted molar refractivity (Wildman–Crippen MR) is 54.9 cm³/mol. The zero-order chi connectivity index (χ0) is 12.5. The maximum absolute atomic E-state index is 12.8. The van der Waals surface area contributed by atoms with Gasteiger partial charge in [0.25, 0.3) is 0 Å². The van der Waals surface area contributed by atoms with Gasteiger partial charge in [0.2, 0.25) is 0 Å². The molecule has 1 fully saturated rings. The average molecular weight is 240 g/mol. The van der Waals surface area contributed by atoms with E-state index in [9.17, 15) is 18.3 Å². The van der Waals surface area contributed by atoms with Gasteiger partial charge in [-0.05, 0) is 32.7 Å². The molecular weight excluding hydrogens is 221 g/mol. The zero-order valence-corrected chi connectivity index (χ0v) is 9.54. The SMILES string of the molecule is CC(N)C(N1CCC(C(C)O)C1)C(F)(F)F. The molecule has 3 N–H and O–H groups in total. The molecule has 1 heterocycles. The molecule has 0 aromatic heterocycles. The third kappa shape index (κ3) is 3.09. The first-order chi connectivity index (χ1) is 7.23. The molecule has 4 unspecified atom stereocenters. The van der Waals surface area contributed by atoms with Crippen LogP contribution in [-0.2, 0) is 0 Å². The van der Waals surface area contributed by atoms with E-state index in [4.69, 9.17) is 5.73 Å². The van der Waals surface area contributed by atoms with Gasteiger partial charge in [-0.3, -0.25) is 4.90 Å². The molecule has 96 valence electrons. The smallest absolute Gasteiger partial charge is 0.393 e. The fourth-order valence-electron chi connectivity index (χ4n) is 2.30. The van der Waals surface area contributed by atoms with E-state index in [1.165, 1.54) is 11.8 Å². The first kappa shape index (κ1) is 13.7. The van der Waals surface area contributed by atoms with Crippen LogP contribution in [0.2, 0.25) is 0 Å². The number of aliphatic hydroxyl groups is 1. The monoisotopic (exact) mass is 240 g/mol. The average Bonchev–Trinajstić information content (AvgIpc) is 2.49. The third-order valence-corrected chi connectivity index (χ3v) is 3.17. The first-order valence-corrected chi connectivity index (χ1v) is 5.48. The molecule has 1 rings (SSSR count). The van der Waals surface area contributed by atoms with Gasteiger partial charge >= 0.3 is 6.18 Å². The van der Waals surface area contributed by atoms with Crippen molar-refractivity contribution >= 4 is 0 Å². The van der Waals surface area contributed by atoms with E-state index < -0.39 is 24.4 Å². The van der Waals surface area contributed by atoms with Crippen molar-refractivity contribution in [2.24, 2.45) is 11.7 Å². The summed E-state index contributed by atoms with van der Waals surface area (Å²) in [6.45, 7) is 3.60. The van der Waals surface area contributed by atoms with Crippen LogP contribution in [0.25, 0.3) is 0 Å². The predicted octanol–water partition coefficient (Wildman–Crippen LogP) is 0.967. The number of rotatable bonds is 3. The second-order valence-corrected chi connectivity index (χ2v) is 4.63. The molecule has 1 aliphatic rings. The fourth-order valence-corrected chi connectivity index (χ4v) is 2.30. The van der Waals surface area contributed by atoms with Crippen molar-refractivity contribution in [2.75, 3.05) is 13.1 Å². The lowest BCUT2D eigenvalue weighted by Gasteiger charge is -2.32. The van der Waals surface area contributed by atoms with Gasteiger partial charge in [0, 0.05) is 12.6 Å². The second-order valence-electron chi connectivity index (χ2n) is 4.63. The Balaban J connectivity index is 2.69. The zero-order valence-electron chi connectivity index (χ0n) is 9.54. The van der Waals surface area contributed by atoms with E-state index in [1.54, 1.807) is 6.92 Å². The summed E-state index contributed by atoms with van der Waals surface area (Å²) in [6.07, 6.45) is -4.27. The van der Waals surface area contributed by atoms with Gasteiger partial charge < -0.3 is 10.8 Å². The molecule has 0 aliphatic carbocycles. The lowest BCUT2D eigenvalue weighted by molar-refractivity contribution is -0.186. The summed E-state index contributed by atoms with van der Waals surface area (Å²) < 4.78 is 38.3. The summed E-state index contributed by atoms with van der Waals surface area (Å²) in [4.78, 5) is 1.34. The van der Waals surface area contributed by atoms with Crippen molar-refractivity contribution in [1.29, 1.82) is 0 Å². The lowest BCUT2D eigenvalue weighted by Crippen LogP contribution is -2.54. The standard InChI is InChI=1S/C10H19F3N2O/c1-6(14)9(10(11,12)13)15-4-3-8(5-15)7(2)16/h6-9,16H,3-5,14H2,1-2H3. The number of likely N-dealkylation sites (tertiary alicyclic amines) is 1. The minimum atomic E-state index is -4.30. The largest absolute Gasteiger partial charge is 0.405 e. The number of aliphatic hydroxyl groups excluding tert-OH is 1. The second kappa shape index (κ2) is 4.89. The van der Waals surface area contributed by atoms with Crippen molar-refractivity contribution < 1.29 is 18.3 Å². The maximum Gasteiger partial charge on any atom is 0.405 e. The Morgan fingerprint density at radius 3 is 2.25 bits per heavy atom. The Morgan fingerprint density at radius 2 is 1.94 bits per heavy atom. The highest BCUT2D eigenvalue weighted by atomic mass is 19.4. The number of halogens is 3. The summed E-state index contributed by atoms with van der Waals surface area (Å²) >= 11 is 0. The minimum Gasteiger partial charge on any atom is -0.393 e. The number of hydrogen-bond donors (Lipinski definition) is 2. The molecule has 3 nitrogen and oxygen atoms in total. The number of nitrogens with two attached hydrogens (primary N) is 1. The normalized spacial score (nSPS) is 29.1. The van der Waals surface area contributed by atoms with Gasteiger partial charge in [0.1, 0.15) is 6.04 Å². The maximum atomic E-state index is 12.8. The van der Waals surface area contributed by atoms with E-state index in [0.29, 0.717) is 13.0 Å². The molecule has 1 aliphatic heterocycles. The van der Waals surface area contributed by atoms with E-state index in [-0.39, 0.29) is 12.5 Å². The molecule has 0 aromatic rings. The van der Waals surface area contributed by atoms with Gasteiger partial charge in [-0.2, -0.15) is 13.2 Å². The number of hydrogen-bond acceptors (Lipinski definition) is 3. The lowest BCUT2D eigenvalue weighted by atomic mass is 10.0. The third-order valence-electron chi connectivity index (χ3n) is 3.17. The molecule has 0 saturated carbocycles. The summed E-state index contributed by atoms with van der Waals surface area (Å²) in [6, 6.07) is -2.55. The number of alkyl halides is 3. The van der Waals surface area contributed by atoms with Crippen LogP contribution in [0.4, 0.5) is 13.2 Å². The van der Waals surface area contributed by atoms with Gasteiger partial charge in [0.05, 0.1) is 6.10 Å². The minimum absolute atomic E-state index is 0.0800. The van der Waals surface area contributed by atoms with E-state index in [2.05, 4.69) is 0 Å². The molecule has 0 bridgehead atoms. The van der Waals surface area contributed by atoms with Crippen LogP contribution < -0.4 is 5.73 Å². The molecule has 0 amide bonds. The molecule has 6 heteroatoms. The molecule has 0 aromatic carbocycles. The Labute approximate surface area is 93.4 Å². The van der Waals surface area contributed by atoms with Crippen molar-refractivity contribution in [2.45, 2.75) is 44.6 Å². The molecule has 1 saturated heterocycles. The van der Waals surface area contributed by atoms with E-state index >= 15 is 0 Å². The van der Waals surface area contributed by atoms with Gasteiger partial charge in [-0.25, -0.2) is 0 Å². The van der Waals surface area contributed by atoms with Crippen LogP contribution >= 0.6 is 0 Å². The van der Waals surface area contributed by atoms with Crippen molar-refractivity contribution in [3.63, 3.8) is 0 Å². The van der Waals surface area contributed by atoms with Crippen LogP contribution in [-0.4, -0.2) is 47.5 Å². The molecule has 16 heavy (non-hydrogen) atoms. The highest BCUT2D eigenvalue weighted by molar-refractivity contribution is 4.91. The Morgan fingerprint density at radius 1 is 1.38 bits per heavy atom. The summed E-state index contributed by atoms with van der Waals surface area (Å²) in [7, 11) is 0. The van der Waals surface area contributed by atoms with Crippen molar-refractivity contribution in [3.8, 4) is 0 Å².